The van der Waals surface area contributed by atoms with Gasteiger partial charge < -0.3 is 15.0 Å². The number of nitrogens with one attached hydrogen (secondary N) is 1. The molecule has 1 aromatic carbocycles. The Morgan fingerprint density at radius 3 is 2.83 bits per heavy atom. The van der Waals surface area contributed by atoms with Gasteiger partial charge in [0.25, 0.3) is 5.91 Å². The van der Waals surface area contributed by atoms with Gasteiger partial charge >= 0.3 is 0 Å². The van der Waals surface area contributed by atoms with Crippen LogP contribution in [0.4, 0.5) is 0 Å². The number of hydrogen-bond acceptors (Lipinski definition) is 5. The Morgan fingerprint density at radius 1 is 1.34 bits per heavy atom. The summed E-state index contributed by atoms with van der Waals surface area (Å²) in [5.41, 5.74) is 2.06. The number of ether oxygens (including phenoxy) is 1. The highest BCUT2D eigenvalue weighted by Gasteiger charge is 2.30. The summed E-state index contributed by atoms with van der Waals surface area (Å²) in [5.74, 6) is 1.52. The number of amides is 2. The number of aromatic nitrogens is 2. The third kappa shape index (κ3) is 4.91. The van der Waals surface area contributed by atoms with Gasteiger partial charge in [0.2, 0.25) is 5.91 Å². The van der Waals surface area contributed by atoms with E-state index in [1.54, 1.807) is 13.3 Å². The first-order chi connectivity index (χ1) is 13.9. The van der Waals surface area contributed by atoms with Gasteiger partial charge in [0.15, 0.2) is 0 Å². The minimum atomic E-state index is -0.208. The van der Waals surface area contributed by atoms with Crippen LogP contribution < -0.4 is 10.1 Å². The molecule has 29 heavy (non-hydrogen) atoms. The van der Waals surface area contributed by atoms with Crippen molar-refractivity contribution in [2.75, 3.05) is 20.2 Å². The first kappa shape index (κ1) is 20.8. The quantitative estimate of drug-likeness (QED) is 0.812. The monoisotopic (exact) mass is 396 g/mol. The van der Waals surface area contributed by atoms with Gasteiger partial charge in [-0.2, -0.15) is 0 Å². The van der Waals surface area contributed by atoms with E-state index in [1.807, 2.05) is 49.9 Å². The second kappa shape index (κ2) is 9.03. The maximum Gasteiger partial charge on any atom is 0.254 e. The van der Waals surface area contributed by atoms with Crippen molar-refractivity contribution < 1.29 is 14.3 Å². The Morgan fingerprint density at radius 2 is 2.14 bits per heavy atom. The zero-order valence-corrected chi connectivity index (χ0v) is 17.4. The van der Waals surface area contributed by atoms with E-state index in [9.17, 15) is 9.59 Å². The molecule has 3 rings (SSSR count). The molecule has 0 aliphatic carbocycles. The van der Waals surface area contributed by atoms with E-state index in [4.69, 9.17) is 4.74 Å². The van der Waals surface area contributed by atoms with E-state index < -0.39 is 0 Å². The first-order valence-electron chi connectivity index (χ1n) is 9.92. The average Bonchev–Trinajstić information content (AvgIpc) is 3.21. The standard InChI is InChI=1S/C22H28N4O3/c1-14(2)22(28)26-9-8-17(13-26)20-23-12-19(15(3)25-20)21(27)24-11-16-6-5-7-18(10-16)29-4/h5-7,10,12,14,17H,8-9,11,13H2,1-4H3,(H,24,27). The van der Waals surface area contributed by atoms with Crippen LogP contribution in [0, 0.1) is 12.8 Å². The molecule has 2 amide bonds. The van der Waals surface area contributed by atoms with Crippen molar-refractivity contribution in [1.29, 1.82) is 0 Å². The molecule has 1 N–H and O–H groups in total. The molecule has 0 bridgehead atoms. The number of benzene rings is 1. The number of carbonyl (C=O) groups is 2. The molecule has 1 aromatic heterocycles. The Bertz CT molecular complexity index is 897. The van der Waals surface area contributed by atoms with E-state index in [0.717, 1.165) is 24.3 Å². The van der Waals surface area contributed by atoms with Gasteiger partial charge in [-0.3, -0.25) is 9.59 Å². The van der Waals surface area contributed by atoms with Crippen molar-refractivity contribution in [3.8, 4) is 5.75 Å². The molecule has 1 fully saturated rings. The maximum atomic E-state index is 12.6. The molecule has 1 unspecified atom stereocenters. The summed E-state index contributed by atoms with van der Waals surface area (Å²) in [4.78, 5) is 35.6. The number of hydrogen-bond donors (Lipinski definition) is 1. The second-order valence-corrected chi connectivity index (χ2v) is 7.69. The molecule has 2 aromatic rings. The fourth-order valence-corrected chi connectivity index (χ4v) is 3.50. The SMILES string of the molecule is COc1cccc(CNC(=O)c2cnc(C3CCN(C(=O)C(C)C)C3)nc2C)c1. The highest BCUT2D eigenvalue weighted by molar-refractivity contribution is 5.94. The van der Waals surface area contributed by atoms with E-state index >= 15 is 0 Å². The van der Waals surface area contributed by atoms with Gasteiger partial charge in [-0.25, -0.2) is 9.97 Å². The lowest BCUT2D eigenvalue weighted by molar-refractivity contribution is -0.133. The van der Waals surface area contributed by atoms with Crippen LogP contribution in [0.3, 0.4) is 0 Å². The number of nitrogens with zero attached hydrogens (tertiary/aromatic N) is 3. The number of methoxy groups -OCH3 is 1. The molecular formula is C22H28N4O3. The van der Waals surface area contributed by atoms with Crippen LogP contribution in [0.15, 0.2) is 30.5 Å². The minimum Gasteiger partial charge on any atom is -0.497 e. The highest BCUT2D eigenvalue weighted by Crippen LogP contribution is 2.26. The molecule has 1 saturated heterocycles. The molecular weight excluding hydrogens is 368 g/mol. The number of carbonyl (C=O) groups excluding carboxylic acids is 2. The summed E-state index contributed by atoms with van der Waals surface area (Å²) in [7, 11) is 1.61. The smallest absolute Gasteiger partial charge is 0.254 e. The van der Waals surface area contributed by atoms with Crippen LogP contribution >= 0.6 is 0 Å². The van der Waals surface area contributed by atoms with Crippen molar-refractivity contribution >= 4 is 11.8 Å². The van der Waals surface area contributed by atoms with Crippen LogP contribution in [-0.2, 0) is 11.3 Å². The molecule has 7 heteroatoms. The van der Waals surface area contributed by atoms with Gasteiger partial charge in [-0.1, -0.05) is 26.0 Å². The van der Waals surface area contributed by atoms with Crippen LogP contribution in [0.2, 0.25) is 0 Å². The lowest BCUT2D eigenvalue weighted by atomic mass is 10.1. The summed E-state index contributed by atoms with van der Waals surface area (Å²) >= 11 is 0. The molecule has 0 saturated carbocycles. The average molecular weight is 396 g/mol. The molecule has 1 atom stereocenters. The predicted octanol–water partition coefficient (Wildman–Crippen LogP) is 2.70. The highest BCUT2D eigenvalue weighted by atomic mass is 16.5. The van der Waals surface area contributed by atoms with Crippen molar-refractivity contribution in [1.82, 2.24) is 20.2 Å². The number of aryl methyl sites for hydroxylation is 1. The van der Waals surface area contributed by atoms with Crippen molar-refractivity contribution in [2.45, 2.75) is 39.7 Å². The Hall–Kier alpha value is -2.96. The van der Waals surface area contributed by atoms with E-state index in [0.29, 0.717) is 30.2 Å². The predicted molar refractivity (Wildman–Crippen MR) is 110 cm³/mol. The van der Waals surface area contributed by atoms with Gasteiger partial charge in [0.1, 0.15) is 11.6 Å². The van der Waals surface area contributed by atoms with Crippen molar-refractivity contribution in [2.24, 2.45) is 5.92 Å². The van der Waals surface area contributed by atoms with Gasteiger partial charge in [0.05, 0.1) is 18.4 Å². The zero-order chi connectivity index (χ0) is 21.0. The summed E-state index contributed by atoms with van der Waals surface area (Å²) in [6, 6.07) is 7.57. The first-order valence-corrected chi connectivity index (χ1v) is 9.92. The van der Waals surface area contributed by atoms with E-state index in [-0.39, 0.29) is 23.7 Å². The van der Waals surface area contributed by atoms with Crippen molar-refractivity contribution in [3.63, 3.8) is 0 Å². The van der Waals surface area contributed by atoms with Crippen LogP contribution in [-0.4, -0.2) is 46.9 Å². The normalized spacial score (nSPS) is 16.2. The number of rotatable bonds is 6. The molecule has 7 nitrogen and oxygen atoms in total. The molecule has 0 spiro atoms. The van der Waals surface area contributed by atoms with E-state index in [1.165, 1.54) is 0 Å². The zero-order valence-electron chi connectivity index (χ0n) is 17.4. The Kier molecular flexibility index (Phi) is 6.46. The molecule has 154 valence electrons. The lowest BCUT2D eigenvalue weighted by Crippen LogP contribution is -2.32. The summed E-state index contributed by atoms with van der Waals surface area (Å²) in [5, 5.41) is 2.90. The summed E-state index contributed by atoms with van der Waals surface area (Å²) in [6.45, 7) is 7.40. The van der Waals surface area contributed by atoms with Crippen LogP contribution in [0.25, 0.3) is 0 Å². The lowest BCUT2D eigenvalue weighted by Gasteiger charge is -2.18. The van der Waals surface area contributed by atoms with Gasteiger partial charge in [-0.05, 0) is 31.0 Å². The second-order valence-electron chi connectivity index (χ2n) is 7.69. The molecule has 2 heterocycles. The van der Waals surface area contributed by atoms with Crippen LogP contribution in [0.5, 0.6) is 5.75 Å². The Labute approximate surface area is 171 Å². The largest absolute Gasteiger partial charge is 0.497 e. The third-order valence-corrected chi connectivity index (χ3v) is 5.19. The van der Waals surface area contributed by atoms with Gasteiger partial charge in [0, 0.05) is 37.7 Å². The van der Waals surface area contributed by atoms with E-state index in [2.05, 4.69) is 15.3 Å². The third-order valence-electron chi connectivity index (χ3n) is 5.19. The summed E-state index contributed by atoms with van der Waals surface area (Å²) < 4.78 is 5.21. The van der Waals surface area contributed by atoms with Gasteiger partial charge in [-0.15, -0.1) is 0 Å². The molecule has 1 aliphatic heterocycles. The fraction of sp³-hybridized carbons (Fsp3) is 0.455. The fourth-order valence-electron chi connectivity index (χ4n) is 3.50. The minimum absolute atomic E-state index is 0.00735. The maximum absolute atomic E-state index is 12.6. The molecule has 0 radical (unpaired) electrons. The van der Waals surface area contributed by atoms with Crippen LogP contribution in [0.1, 0.15) is 53.6 Å². The van der Waals surface area contributed by atoms with Crippen molar-refractivity contribution in [3.05, 3.63) is 53.1 Å². The summed E-state index contributed by atoms with van der Waals surface area (Å²) in [6.07, 6.45) is 2.44. The Balaban J connectivity index is 1.63. The number of likely N-dealkylation sites (tertiary alicyclic amines) is 1. The molecule has 1 aliphatic rings. The topological polar surface area (TPSA) is 84.4 Å².